The largest absolute Gasteiger partial charge is 0.299 e. The Labute approximate surface area is 80.0 Å². The van der Waals surface area contributed by atoms with Gasteiger partial charge in [0.05, 0.1) is 5.92 Å². The monoisotopic (exact) mass is 182 g/mol. The van der Waals surface area contributed by atoms with E-state index in [-0.39, 0.29) is 11.6 Å². The fourth-order valence-corrected chi connectivity index (χ4v) is 1.26. The van der Waals surface area contributed by atoms with Crippen LogP contribution in [0.5, 0.6) is 0 Å². The lowest BCUT2D eigenvalue weighted by molar-refractivity contribution is -0.130. The molecule has 0 saturated heterocycles. The van der Waals surface area contributed by atoms with Gasteiger partial charge in [-0.2, -0.15) is 0 Å². The predicted molar refractivity (Wildman–Crippen MR) is 53.5 cm³/mol. The van der Waals surface area contributed by atoms with E-state index in [1.165, 1.54) is 6.08 Å². The molecular formula is C11H18O2. The van der Waals surface area contributed by atoms with Crippen molar-refractivity contribution in [1.29, 1.82) is 0 Å². The molecule has 0 rings (SSSR count). The Hall–Kier alpha value is -0.920. The van der Waals surface area contributed by atoms with Crippen LogP contribution >= 0.6 is 0 Å². The number of carbonyl (C=O) groups excluding carboxylic acids is 2. The van der Waals surface area contributed by atoms with Crippen LogP contribution in [0.2, 0.25) is 0 Å². The third kappa shape index (κ3) is 4.02. The van der Waals surface area contributed by atoms with E-state index in [1.54, 1.807) is 0 Å². The molecule has 0 heterocycles. The van der Waals surface area contributed by atoms with Gasteiger partial charge in [-0.1, -0.05) is 26.8 Å². The molecule has 0 aliphatic heterocycles. The molecule has 13 heavy (non-hydrogen) atoms. The fourth-order valence-electron chi connectivity index (χ4n) is 1.26. The number of hydrogen-bond donors (Lipinski definition) is 0. The number of carbonyl (C=O) groups is 2. The van der Waals surface area contributed by atoms with Crippen molar-refractivity contribution in [2.75, 3.05) is 0 Å². The highest BCUT2D eigenvalue weighted by Gasteiger charge is 2.20. The second-order valence-corrected chi connectivity index (χ2v) is 3.14. The third-order valence-corrected chi connectivity index (χ3v) is 2.12. The topological polar surface area (TPSA) is 34.1 Å². The number of hydrogen-bond acceptors (Lipinski definition) is 2. The second-order valence-electron chi connectivity index (χ2n) is 3.14. The minimum absolute atomic E-state index is 0.0641. The number of allylic oxidation sites excluding steroid dienone is 1. The van der Waals surface area contributed by atoms with E-state index in [0.717, 1.165) is 12.8 Å². The molecule has 0 aromatic rings. The molecule has 2 heteroatoms. The number of rotatable bonds is 7. The molecule has 0 bridgehead atoms. The van der Waals surface area contributed by atoms with Crippen molar-refractivity contribution in [2.24, 2.45) is 5.92 Å². The summed E-state index contributed by atoms with van der Waals surface area (Å²) in [5, 5.41) is 0. The molecule has 0 saturated carbocycles. The van der Waals surface area contributed by atoms with Crippen LogP contribution in [-0.4, -0.2) is 11.6 Å². The van der Waals surface area contributed by atoms with Crippen molar-refractivity contribution in [3.05, 3.63) is 12.7 Å². The summed E-state index contributed by atoms with van der Waals surface area (Å²) in [4.78, 5) is 22.7. The second kappa shape index (κ2) is 6.58. The molecular weight excluding hydrogens is 164 g/mol. The highest BCUT2D eigenvalue weighted by molar-refractivity contribution is 6.07. The molecule has 0 aliphatic carbocycles. The zero-order chi connectivity index (χ0) is 10.3. The molecule has 0 spiro atoms. The molecule has 0 aromatic carbocycles. The zero-order valence-corrected chi connectivity index (χ0v) is 8.51. The summed E-state index contributed by atoms with van der Waals surface area (Å²) < 4.78 is 0. The molecule has 0 aliphatic rings. The van der Waals surface area contributed by atoms with E-state index in [1.807, 2.05) is 13.8 Å². The summed E-state index contributed by atoms with van der Waals surface area (Å²) in [6.45, 7) is 7.28. The summed E-state index contributed by atoms with van der Waals surface area (Å²) >= 11 is 0. The SMILES string of the molecule is C=CC(=O)C(CC)C(=O)CCCC. The van der Waals surface area contributed by atoms with Gasteiger partial charge in [0.15, 0.2) is 5.78 Å². The van der Waals surface area contributed by atoms with E-state index in [2.05, 4.69) is 6.58 Å². The zero-order valence-electron chi connectivity index (χ0n) is 8.51. The molecule has 74 valence electrons. The lowest BCUT2D eigenvalue weighted by atomic mass is 9.93. The highest BCUT2D eigenvalue weighted by atomic mass is 16.1. The van der Waals surface area contributed by atoms with Crippen molar-refractivity contribution in [3.8, 4) is 0 Å². The van der Waals surface area contributed by atoms with Crippen LogP contribution in [0.15, 0.2) is 12.7 Å². The number of unbranched alkanes of at least 4 members (excludes halogenated alkanes) is 1. The third-order valence-electron chi connectivity index (χ3n) is 2.12. The van der Waals surface area contributed by atoms with Gasteiger partial charge in [-0.15, -0.1) is 0 Å². The first-order chi connectivity index (χ1) is 6.17. The molecule has 1 atom stereocenters. The molecule has 0 aromatic heterocycles. The minimum Gasteiger partial charge on any atom is -0.299 e. The number of Topliss-reactive ketones (excluding diaryl/α,β-unsaturated/α-hetero) is 1. The van der Waals surface area contributed by atoms with Gasteiger partial charge in [0, 0.05) is 6.42 Å². The maximum atomic E-state index is 11.5. The summed E-state index contributed by atoms with van der Waals surface area (Å²) in [5.74, 6) is -0.512. The lowest BCUT2D eigenvalue weighted by Gasteiger charge is -2.09. The van der Waals surface area contributed by atoms with Crippen LogP contribution in [0.3, 0.4) is 0 Å². The maximum absolute atomic E-state index is 11.5. The van der Waals surface area contributed by atoms with Crippen LogP contribution in [0.4, 0.5) is 0 Å². The van der Waals surface area contributed by atoms with E-state index in [4.69, 9.17) is 0 Å². The van der Waals surface area contributed by atoms with Gasteiger partial charge in [-0.25, -0.2) is 0 Å². The molecule has 0 radical (unpaired) electrons. The van der Waals surface area contributed by atoms with E-state index >= 15 is 0 Å². The quantitative estimate of drug-likeness (QED) is 0.448. The van der Waals surface area contributed by atoms with E-state index in [0.29, 0.717) is 12.8 Å². The summed E-state index contributed by atoms with van der Waals surface area (Å²) in [6.07, 6.45) is 4.23. The maximum Gasteiger partial charge on any atom is 0.165 e. The van der Waals surface area contributed by atoms with Gasteiger partial charge in [0.25, 0.3) is 0 Å². The van der Waals surface area contributed by atoms with Crippen molar-refractivity contribution in [3.63, 3.8) is 0 Å². The predicted octanol–water partition coefficient (Wildman–Crippen LogP) is 2.53. The molecule has 0 amide bonds. The van der Waals surface area contributed by atoms with Gasteiger partial charge in [-0.3, -0.25) is 9.59 Å². The van der Waals surface area contributed by atoms with Crippen LogP contribution in [0.1, 0.15) is 39.5 Å². The average molecular weight is 182 g/mol. The Morgan fingerprint density at radius 1 is 1.38 bits per heavy atom. The van der Waals surface area contributed by atoms with Gasteiger partial charge in [0.1, 0.15) is 5.78 Å². The van der Waals surface area contributed by atoms with Crippen LogP contribution in [-0.2, 0) is 9.59 Å². The van der Waals surface area contributed by atoms with Crippen LogP contribution in [0.25, 0.3) is 0 Å². The molecule has 0 N–H and O–H groups in total. The Morgan fingerprint density at radius 3 is 2.38 bits per heavy atom. The summed E-state index contributed by atoms with van der Waals surface area (Å²) in [5.41, 5.74) is 0. The summed E-state index contributed by atoms with van der Waals surface area (Å²) in [7, 11) is 0. The number of ketones is 2. The Morgan fingerprint density at radius 2 is 2.00 bits per heavy atom. The van der Waals surface area contributed by atoms with Crippen LogP contribution in [0, 0.1) is 5.92 Å². The molecule has 0 fully saturated rings. The molecule has 1 unspecified atom stereocenters. The first-order valence-corrected chi connectivity index (χ1v) is 4.86. The normalized spacial score (nSPS) is 12.2. The van der Waals surface area contributed by atoms with Gasteiger partial charge in [-0.05, 0) is 18.9 Å². The van der Waals surface area contributed by atoms with Crippen molar-refractivity contribution < 1.29 is 9.59 Å². The van der Waals surface area contributed by atoms with Crippen LogP contribution < -0.4 is 0 Å². The van der Waals surface area contributed by atoms with Crippen molar-refractivity contribution in [2.45, 2.75) is 39.5 Å². The van der Waals surface area contributed by atoms with Gasteiger partial charge >= 0.3 is 0 Å². The van der Waals surface area contributed by atoms with Crippen molar-refractivity contribution in [1.82, 2.24) is 0 Å². The van der Waals surface area contributed by atoms with E-state index in [9.17, 15) is 9.59 Å². The highest BCUT2D eigenvalue weighted by Crippen LogP contribution is 2.11. The Bertz CT molecular complexity index is 194. The Balaban J connectivity index is 4.14. The Kier molecular flexibility index (Phi) is 6.11. The first kappa shape index (κ1) is 12.1. The fraction of sp³-hybridized carbons (Fsp3) is 0.636. The molecule has 2 nitrogen and oxygen atoms in total. The smallest absolute Gasteiger partial charge is 0.165 e. The minimum atomic E-state index is -0.441. The first-order valence-electron chi connectivity index (χ1n) is 4.86. The standard InChI is InChI=1S/C11H18O2/c1-4-7-8-11(13)9(5-2)10(12)6-3/h6,9H,3-5,7-8H2,1-2H3. The van der Waals surface area contributed by atoms with Gasteiger partial charge in [0.2, 0.25) is 0 Å². The lowest BCUT2D eigenvalue weighted by Crippen LogP contribution is -2.21. The van der Waals surface area contributed by atoms with Gasteiger partial charge < -0.3 is 0 Å². The van der Waals surface area contributed by atoms with E-state index < -0.39 is 5.92 Å². The summed E-state index contributed by atoms with van der Waals surface area (Å²) in [6, 6.07) is 0. The average Bonchev–Trinajstić information content (AvgIpc) is 2.15. The van der Waals surface area contributed by atoms with Crippen molar-refractivity contribution >= 4 is 11.6 Å².